The summed E-state index contributed by atoms with van der Waals surface area (Å²) in [6.45, 7) is 1.41. The van der Waals surface area contributed by atoms with E-state index in [9.17, 15) is 13.6 Å². The van der Waals surface area contributed by atoms with Crippen molar-refractivity contribution >= 4 is 5.97 Å². The SMILES string of the molecule is C[C@H](N)C(=O)Oc1ccc(F)cc1F. The lowest BCUT2D eigenvalue weighted by atomic mass is 10.3. The number of ether oxygens (including phenoxy) is 1. The minimum atomic E-state index is -0.931. The Morgan fingerprint density at radius 2 is 2.14 bits per heavy atom. The number of halogens is 2. The van der Waals surface area contributed by atoms with Gasteiger partial charge in [0.05, 0.1) is 0 Å². The van der Waals surface area contributed by atoms with E-state index >= 15 is 0 Å². The first-order chi connectivity index (χ1) is 6.50. The second-order valence-electron chi connectivity index (χ2n) is 2.78. The molecule has 0 aliphatic heterocycles. The van der Waals surface area contributed by atoms with Crippen LogP contribution in [-0.4, -0.2) is 12.0 Å². The minimum absolute atomic E-state index is 0.325. The first-order valence-corrected chi connectivity index (χ1v) is 3.93. The highest BCUT2D eigenvalue weighted by atomic mass is 19.1. The fourth-order valence-electron chi connectivity index (χ4n) is 0.759. The third-order valence-electron chi connectivity index (χ3n) is 1.48. The number of rotatable bonds is 2. The standard InChI is InChI=1S/C9H9F2NO2/c1-5(12)9(13)14-8-3-2-6(10)4-7(8)11/h2-5H,12H2,1H3/t5-/m0/s1. The quantitative estimate of drug-likeness (QED) is 0.578. The number of carbonyl (C=O) groups is 1. The molecule has 0 aliphatic carbocycles. The molecule has 0 spiro atoms. The average Bonchev–Trinajstić information content (AvgIpc) is 2.09. The van der Waals surface area contributed by atoms with Crippen LogP contribution in [0.4, 0.5) is 8.78 Å². The molecule has 0 bridgehead atoms. The van der Waals surface area contributed by atoms with E-state index in [1.54, 1.807) is 0 Å². The summed E-state index contributed by atoms with van der Waals surface area (Å²) in [5, 5.41) is 0. The van der Waals surface area contributed by atoms with Gasteiger partial charge in [0.1, 0.15) is 11.9 Å². The van der Waals surface area contributed by atoms with Gasteiger partial charge in [-0.05, 0) is 19.1 Å². The van der Waals surface area contributed by atoms with Gasteiger partial charge in [-0.1, -0.05) is 0 Å². The van der Waals surface area contributed by atoms with Crippen LogP contribution < -0.4 is 10.5 Å². The summed E-state index contributed by atoms with van der Waals surface area (Å²) < 4.78 is 29.9. The van der Waals surface area contributed by atoms with E-state index in [-0.39, 0.29) is 5.75 Å². The molecule has 0 unspecified atom stereocenters. The van der Waals surface area contributed by atoms with Crippen molar-refractivity contribution in [2.75, 3.05) is 0 Å². The summed E-state index contributed by atoms with van der Waals surface area (Å²) in [4.78, 5) is 10.9. The monoisotopic (exact) mass is 201 g/mol. The molecular weight excluding hydrogens is 192 g/mol. The number of benzene rings is 1. The molecule has 0 amide bonds. The van der Waals surface area contributed by atoms with Gasteiger partial charge in [0.2, 0.25) is 0 Å². The van der Waals surface area contributed by atoms with Gasteiger partial charge >= 0.3 is 5.97 Å². The molecule has 76 valence electrons. The molecule has 3 nitrogen and oxygen atoms in total. The highest BCUT2D eigenvalue weighted by Crippen LogP contribution is 2.17. The van der Waals surface area contributed by atoms with Crippen LogP contribution in [0.25, 0.3) is 0 Å². The first kappa shape index (κ1) is 10.6. The van der Waals surface area contributed by atoms with Crippen molar-refractivity contribution in [2.45, 2.75) is 13.0 Å². The van der Waals surface area contributed by atoms with Crippen molar-refractivity contribution in [3.63, 3.8) is 0 Å². The van der Waals surface area contributed by atoms with Gasteiger partial charge in [0.15, 0.2) is 11.6 Å². The molecule has 1 aromatic rings. The minimum Gasteiger partial charge on any atom is -0.422 e. The molecule has 0 saturated heterocycles. The zero-order valence-corrected chi connectivity index (χ0v) is 7.46. The molecule has 2 N–H and O–H groups in total. The molecule has 0 heterocycles. The predicted molar refractivity (Wildman–Crippen MR) is 45.6 cm³/mol. The summed E-state index contributed by atoms with van der Waals surface area (Å²) in [6, 6.07) is 1.81. The van der Waals surface area contributed by atoms with E-state index in [0.717, 1.165) is 12.1 Å². The van der Waals surface area contributed by atoms with E-state index in [2.05, 4.69) is 4.74 Å². The van der Waals surface area contributed by atoms with Gasteiger partial charge in [-0.3, -0.25) is 0 Å². The molecule has 1 rings (SSSR count). The predicted octanol–water partition coefficient (Wildman–Crippen LogP) is 1.22. The lowest BCUT2D eigenvalue weighted by Crippen LogP contribution is -2.31. The van der Waals surface area contributed by atoms with E-state index < -0.39 is 23.6 Å². The van der Waals surface area contributed by atoms with Crippen molar-refractivity contribution in [3.8, 4) is 5.75 Å². The smallest absolute Gasteiger partial charge is 0.328 e. The number of hydrogen-bond acceptors (Lipinski definition) is 3. The van der Waals surface area contributed by atoms with Crippen LogP contribution in [0.5, 0.6) is 5.75 Å². The van der Waals surface area contributed by atoms with Crippen LogP contribution in [0.3, 0.4) is 0 Å². The van der Waals surface area contributed by atoms with E-state index in [4.69, 9.17) is 5.73 Å². The Labute approximate surface area is 79.5 Å². The normalized spacial score (nSPS) is 12.3. The Morgan fingerprint density at radius 3 is 2.64 bits per heavy atom. The van der Waals surface area contributed by atoms with Gasteiger partial charge in [-0.2, -0.15) is 0 Å². The van der Waals surface area contributed by atoms with Crippen molar-refractivity contribution in [3.05, 3.63) is 29.8 Å². The summed E-state index contributed by atoms with van der Waals surface area (Å²) in [5.74, 6) is -2.76. The summed E-state index contributed by atoms with van der Waals surface area (Å²) in [7, 11) is 0. The maximum atomic E-state index is 12.9. The van der Waals surface area contributed by atoms with Gasteiger partial charge in [-0.15, -0.1) is 0 Å². The first-order valence-electron chi connectivity index (χ1n) is 3.93. The zero-order valence-electron chi connectivity index (χ0n) is 7.46. The lowest BCUT2D eigenvalue weighted by Gasteiger charge is -2.06. The van der Waals surface area contributed by atoms with E-state index in [0.29, 0.717) is 6.07 Å². The second-order valence-corrected chi connectivity index (χ2v) is 2.78. The van der Waals surface area contributed by atoms with Crippen LogP contribution in [0.1, 0.15) is 6.92 Å². The van der Waals surface area contributed by atoms with Gasteiger partial charge < -0.3 is 10.5 Å². The molecule has 0 saturated carbocycles. The number of hydrogen-bond donors (Lipinski definition) is 1. The summed E-state index contributed by atoms with van der Waals surface area (Å²) in [6.07, 6.45) is 0. The Morgan fingerprint density at radius 1 is 1.50 bits per heavy atom. The maximum Gasteiger partial charge on any atom is 0.328 e. The van der Waals surface area contributed by atoms with Crippen molar-refractivity contribution < 1.29 is 18.3 Å². The van der Waals surface area contributed by atoms with Crippen molar-refractivity contribution in [1.29, 1.82) is 0 Å². The van der Waals surface area contributed by atoms with Gasteiger partial charge in [-0.25, -0.2) is 13.6 Å². The lowest BCUT2D eigenvalue weighted by molar-refractivity contribution is -0.135. The number of carbonyl (C=O) groups excluding carboxylic acids is 1. The molecule has 1 aromatic carbocycles. The molecule has 0 radical (unpaired) electrons. The van der Waals surface area contributed by atoms with E-state index in [1.807, 2.05) is 0 Å². The third-order valence-corrected chi connectivity index (χ3v) is 1.48. The molecule has 0 aromatic heterocycles. The van der Waals surface area contributed by atoms with Crippen LogP contribution in [0, 0.1) is 11.6 Å². The molecule has 0 fully saturated rings. The second kappa shape index (κ2) is 4.15. The third kappa shape index (κ3) is 2.50. The van der Waals surface area contributed by atoms with Crippen LogP contribution in [0.15, 0.2) is 18.2 Å². The molecule has 1 atom stereocenters. The van der Waals surface area contributed by atoms with E-state index in [1.165, 1.54) is 6.92 Å². The van der Waals surface area contributed by atoms with Crippen LogP contribution in [-0.2, 0) is 4.79 Å². The highest BCUT2D eigenvalue weighted by molar-refractivity contribution is 5.77. The molecule has 14 heavy (non-hydrogen) atoms. The van der Waals surface area contributed by atoms with Crippen molar-refractivity contribution in [2.24, 2.45) is 5.73 Å². The Kier molecular flexibility index (Phi) is 3.14. The summed E-state index contributed by atoms with van der Waals surface area (Å²) in [5.41, 5.74) is 5.19. The fraction of sp³-hybridized carbons (Fsp3) is 0.222. The largest absolute Gasteiger partial charge is 0.422 e. The topological polar surface area (TPSA) is 52.3 Å². The molecule has 0 aliphatic rings. The average molecular weight is 201 g/mol. The zero-order chi connectivity index (χ0) is 10.7. The van der Waals surface area contributed by atoms with Crippen LogP contribution >= 0.6 is 0 Å². The molecule has 5 heteroatoms. The van der Waals surface area contributed by atoms with Gasteiger partial charge in [0, 0.05) is 6.07 Å². The Bertz CT molecular complexity index is 353. The maximum absolute atomic E-state index is 12.9. The Hall–Kier alpha value is -1.49. The molecular formula is C9H9F2NO2. The van der Waals surface area contributed by atoms with Crippen LogP contribution in [0.2, 0.25) is 0 Å². The highest BCUT2D eigenvalue weighted by Gasteiger charge is 2.13. The number of nitrogens with two attached hydrogens (primary N) is 1. The number of esters is 1. The fourth-order valence-corrected chi connectivity index (χ4v) is 0.759. The van der Waals surface area contributed by atoms with Crippen molar-refractivity contribution in [1.82, 2.24) is 0 Å². The van der Waals surface area contributed by atoms with Gasteiger partial charge in [0.25, 0.3) is 0 Å². The Balaban J connectivity index is 2.82. The summed E-state index contributed by atoms with van der Waals surface area (Å²) >= 11 is 0.